The summed E-state index contributed by atoms with van der Waals surface area (Å²) in [5, 5.41) is 0. The molecular weight excluding hydrogens is 560 g/mol. The highest BCUT2D eigenvalue weighted by Gasteiger charge is 2.22. The molecule has 4 nitrogen and oxygen atoms in total. The number of aromatic nitrogens is 4. The van der Waals surface area contributed by atoms with Crippen molar-refractivity contribution in [2.75, 3.05) is 0 Å². The Hall–Kier alpha value is -1.96. The Morgan fingerprint density at radius 2 is 1.10 bits per heavy atom. The lowest BCUT2D eigenvalue weighted by molar-refractivity contribution is 1.14. The molecule has 0 atom stereocenters. The van der Waals surface area contributed by atoms with Gasteiger partial charge in [0.25, 0.3) is 0 Å². The van der Waals surface area contributed by atoms with E-state index in [1.807, 2.05) is 79.7 Å². The smallest absolute Gasteiger partial charge is 0.176 e. The van der Waals surface area contributed by atoms with Gasteiger partial charge in [0.2, 0.25) is 0 Å². The average molecular weight is 577 g/mol. The Morgan fingerprint density at radius 3 is 1.59 bits per heavy atom. The van der Waals surface area contributed by atoms with Gasteiger partial charge in [0.1, 0.15) is 0 Å². The van der Waals surface area contributed by atoms with Crippen molar-refractivity contribution in [3.8, 4) is 22.8 Å². The molecule has 0 amide bonds. The van der Waals surface area contributed by atoms with Crippen LogP contribution in [0.4, 0.5) is 0 Å². The summed E-state index contributed by atoms with van der Waals surface area (Å²) in [4.78, 5) is 17.4. The van der Waals surface area contributed by atoms with Crippen molar-refractivity contribution in [1.29, 1.82) is 0 Å². The molecule has 0 aromatic carbocycles. The van der Waals surface area contributed by atoms with Crippen molar-refractivity contribution in [3.05, 3.63) is 96.6 Å². The van der Waals surface area contributed by atoms with Gasteiger partial charge in [-0.3, -0.25) is 15.0 Å². The molecule has 0 aliphatic heterocycles. The zero-order chi connectivity index (χ0) is 20.7. The van der Waals surface area contributed by atoms with Crippen LogP contribution in [0, 0.1) is 6.92 Å². The van der Waals surface area contributed by atoms with Crippen LogP contribution in [0.5, 0.6) is 0 Å². The molecule has 0 fully saturated rings. The number of nitrogens with zero attached hydrogens (tertiary/aromatic N) is 4. The molecule has 4 heterocycles. The number of alkyl halides is 3. The van der Waals surface area contributed by atoms with Crippen molar-refractivity contribution in [3.63, 3.8) is 0 Å². The number of hydrogen-bond acceptors (Lipinski definition) is 4. The second-order valence-corrected chi connectivity index (χ2v) is 12.8. The van der Waals surface area contributed by atoms with Crippen molar-refractivity contribution >= 4 is 47.8 Å². The standard InChI is InChI=1S/C11H7Br3N2.C11H10N2/c12-11(13,14)10-6-3-5-9(16-10)8-4-1-2-7-15-8;1-9-5-4-7-11(13-9)10-6-2-3-8-12-10/h1-7H;2-8H,1H3. The van der Waals surface area contributed by atoms with Gasteiger partial charge in [-0.25, -0.2) is 4.98 Å². The van der Waals surface area contributed by atoms with E-state index < -0.39 is 2.14 Å². The van der Waals surface area contributed by atoms with Crippen LogP contribution in [0.2, 0.25) is 0 Å². The molecule has 0 spiro atoms. The van der Waals surface area contributed by atoms with Crippen LogP contribution in [0.3, 0.4) is 0 Å². The molecule has 0 saturated heterocycles. The Bertz CT molecular complexity index is 1050. The van der Waals surface area contributed by atoms with E-state index in [4.69, 9.17) is 0 Å². The van der Waals surface area contributed by atoms with Crippen LogP contribution < -0.4 is 0 Å². The van der Waals surface area contributed by atoms with Gasteiger partial charge in [-0.1, -0.05) is 72.1 Å². The lowest BCUT2D eigenvalue weighted by atomic mass is 10.2. The van der Waals surface area contributed by atoms with Gasteiger partial charge in [0, 0.05) is 18.1 Å². The molecule has 0 radical (unpaired) electrons. The Kier molecular flexibility index (Phi) is 7.64. The van der Waals surface area contributed by atoms with Gasteiger partial charge < -0.3 is 0 Å². The van der Waals surface area contributed by atoms with Crippen molar-refractivity contribution in [1.82, 2.24) is 19.9 Å². The topological polar surface area (TPSA) is 51.6 Å². The van der Waals surface area contributed by atoms with Gasteiger partial charge in [0.05, 0.1) is 28.5 Å². The molecule has 0 unspecified atom stereocenters. The highest BCUT2D eigenvalue weighted by molar-refractivity contribution is 9.38. The minimum atomic E-state index is -0.488. The summed E-state index contributed by atoms with van der Waals surface area (Å²) in [5.41, 5.74) is 5.42. The molecular formula is C22H17Br3N4. The SMILES string of the molecule is BrC(Br)(Br)c1cccc(-c2ccccn2)n1.Cc1cccc(-c2ccccn2)n1. The van der Waals surface area contributed by atoms with Gasteiger partial charge in [0.15, 0.2) is 2.14 Å². The van der Waals surface area contributed by atoms with Crippen LogP contribution in [0.25, 0.3) is 22.8 Å². The third-order valence-corrected chi connectivity index (χ3v) is 5.00. The molecule has 7 heteroatoms. The molecule has 146 valence electrons. The van der Waals surface area contributed by atoms with E-state index >= 15 is 0 Å². The molecule has 4 rings (SSSR count). The summed E-state index contributed by atoms with van der Waals surface area (Å²) in [7, 11) is 0. The normalized spacial score (nSPS) is 10.8. The van der Waals surface area contributed by atoms with E-state index in [2.05, 4.69) is 67.7 Å². The minimum Gasteiger partial charge on any atom is -0.255 e. The third-order valence-electron chi connectivity index (χ3n) is 3.78. The molecule has 0 saturated carbocycles. The third kappa shape index (κ3) is 6.52. The van der Waals surface area contributed by atoms with E-state index in [1.165, 1.54) is 0 Å². The molecule has 29 heavy (non-hydrogen) atoms. The summed E-state index contributed by atoms with van der Waals surface area (Å²) < 4.78 is -0.488. The first kappa shape index (κ1) is 21.7. The molecule has 0 aliphatic rings. The van der Waals surface area contributed by atoms with Crippen molar-refractivity contribution in [2.45, 2.75) is 9.07 Å². The molecule has 4 aromatic rings. The average Bonchev–Trinajstić information content (AvgIpc) is 2.75. The summed E-state index contributed by atoms with van der Waals surface area (Å²) >= 11 is 10.3. The van der Waals surface area contributed by atoms with Crippen LogP contribution in [-0.2, 0) is 2.14 Å². The van der Waals surface area contributed by atoms with Crippen molar-refractivity contribution < 1.29 is 0 Å². The number of aryl methyl sites for hydroxylation is 1. The van der Waals surface area contributed by atoms with E-state index in [0.717, 1.165) is 34.2 Å². The maximum absolute atomic E-state index is 4.51. The fraction of sp³-hybridized carbons (Fsp3) is 0.0909. The van der Waals surface area contributed by atoms with Gasteiger partial charge in [-0.15, -0.1) is 0 Å². The zero-order valence-electron chi connectivity index (χ0n) is 15.5. The summed E-state index contributed by atoms with van der Waals surface area (Å²) in [6, 6.07) is 23.3. The Morgan fingerprint density at radius 1 is 0.586 bits per heavy atom. The van der Waals surface area contributed by atoms with Crippen LogP contribution in [0.1, 0.15) is 11.4 Å². The summed E-state index contributed by atoms with van der Waals surface area (Å²) in [5.74, 6) is 0. The van der Waals surface area contributed by atoms with E-state index in [-0.39, 0.29) is 0 Å². The Labute approximate surface area is 195 Å². The van der Waals surface area contributed by atoms with Gasteiger partial charge in [-0.2, -0.15) is 0 Å². The maximum Gasteiger partial charge on any atom is 0.176 e. The molecule has 4 aromatic heterocycles. The predicted molar refractivity (Wildman–Crippen MR) is 128 cm³/mol. The highest BCUT2D eigenvalue weighted by atomic mass is 80.0. The lowest BCUT2D eigenvalue weighted by Crippen LogP contribution is -2.02. The highest BCUT2D eigenvalue weighted by Crippen LogP contribution is 2.43. The summed E-state index contributed by atoms with van der Waals surface area (Å²) in [6.45, 7) is 1.98. The number of rotatable bonds is 2. The number of halogens is 3. The van der Waals surface area contributed by atoms with Crippen LogP contribution in [-0.4, -0.2) is 19.9 Å². The predicted octanol–water partition coefficient (Wildman–Crippen LogP) is 6.89. The van der Waals surface area contributed by atoms with Gasteiger partial charge in [-0.05, 0) is 55.5 Å². The fourth-order valence-corrected chi connectivity index (χ4v) is 3.11. The first-order chi connectivity index (χ1) is 13.9. The monoisotopic (exact) mass is 574 g/mol. The minimum absolute atomic E-state index is 0.488. The second kappa shape index (κ2) is 10.2. The lowest BCUT2D eigenvalue weighted by Gasteiger charge is -2.12. The first-order valence-corrected chi connectivity index (χ1v) is 11.1. The zero-order valence-corrected chi connectivity index (χ0v) is 20.3. The molecule has 0 aliphatic carbocycles. The quantitative estimate of drug-likeness (QED) is 0.244. The Balaban J connectivity index is 0.000000169. The fourth-order valence-electron chi connectivity index (χ4n) is 2.45. The number of hydrogen-bond donors (Lipinski definition) is 0. The van der Waals surface area contributed by atoms with Crippen LogP contribution >= 0.6 is 47.8 Å². The second-order valence-electron chi connectivity index (χ2n) is 6.00. The number of pyridine rings is 4. The first-order valence-electron chi connectivity index (χ1n) is 8.74. The largest absolute Gasteiger partial charge is 0.255 e. The summed E-state index contributed by atoms with van der Waals surface area (Å²) in [6.07, 6.45) is 3.53. The van der Waals surface area contributed by atoms with Gasteiger partial charge >= 0.3 is 0 Å². The van der Waals surface area contributed by atoms with Crippen LogP contribution in [0.15, 0.2) is 85.2 Å². The van der Waals surface area contributed by atoms with E-state index in [0.29, 0.717) is 0 Å². The molecule has 0 bridgehead atoms. The van der Waals surface area contributed by atoms with E-state index in [1.54, 1.807) is 12.4 Å². The maximum atomic E-state index is 4.51. The van der Waals surface area contributed by atoms with E-state index in [9.17, 15) is 0 Å². The van der Waals surface area contributed by atoms with Crippen molar-refractivity contribution in [2.24, 2.45) is 0 Å². The molecule has 0 N–H and O–H groups in total.